The molecule has 2 heterocycles. The van der Waals surface area contributed by atoms with Crippen molar-refractivity contribution in [3.05, 3.63) is 0 Å². The lowest BCUT2D eigenvalue weighted by Gasteiger charge is -2.32. The van der Waals surface area contributed by atoms with Crippen molar-refractivity contribution in [2.45, 2.75) is 37.8 Å². The SMILES string of the molecule is C[C@H]1CCC2(CCOC2)N1C. The summed E-state index contributed by atoms with van der Waals surface area (Å²) in [7, 11) is 2.24. The van der Waals surface area contributed by atoms with Crippen LogP contribution in [0.4, 0.5) is 0 Å². The van der Waals surface area contributed by atoms with Crippen LogP contribution in [0.5, 0.6) is 0 Å². The fraction of sp³-hybridized carbons (Fsp3) is 1.00. The Labute approximate surface area is 68.5 Å². The highest BCUT2D eigenvalue weighted by molar-refractivity contribution is 4.99. The first kappa shape index (κ1) is 7.56. The Hall–Kier alpha value is -0.0800. The van der Waals surface area contributed by atoms with Gasteiger partial charge in [0.2, 0.25) is 0 Å². The maximum Gasteiger partial charge on any atom is 0.0651 e. The van der Waals surface area contributed by atoms with E-state index >= 15 is 0 Å². The zero-order valence-corrected chi connectivity index (χ0v) is 7.47. The number of ether oxygens (including phenoxy) is 1. The second kappa shape index (κ2) is 2.46. The Morgan fingerprint density at radius 3 is 2.73 bits per heavy atom. The second-order valence-corrected chi connectivity index (χ2v) is 4.03. The van der Waals surface area contributed by atoms with Gasteiger partial charge in [-0.25, -0.2) is 0 Å². The van der Waals surface area contributed by atoms with Gasteiger partial charge in [0.05, 0.1) is 6.61 Å². The van der Waals surface area contributed by atoms with E-state index in [0.717, 1.165) is 19.3 Å². The molecular weight excluding hydrogens is 138 g/mol. The lowest BCUT2D eigenvalue weighted by Crippen LogP contribution is -2.44. The molecule has 0 saturated carbocycles. The molecule has 64 valence electrons. The van der Waals surface area contributed by atoms with Crippen molar-refractivity contribution in [3.63, 3.8) is 0 Å². The van der Waals surface area contributed by atoms with Crippen molar-refractivity contribution in [1.29, 1.82) is 0 Å². The van der Waals surface area contributed by atoms with E-state index in [1.165, 1.54) is 19.3 Å². The highest BCUT2D eigenvalue weighted by Crippen LogP contribution is 2.38. The third-order valence-corrected chi connectivity index (χ3v) is 3.52. The molecule has 0 aliphatic carbocycles. The first-order valence-electron chi connectivity index (χ1n) is 4.55. The minimum absolute atomic E-state index is 0.430. The first-order valence-corrected chi connectivity index (χ1v) is 4.55. The Morgan fingerprint density at radius 2 is 2.27 bits per heavy atom. The van der Waals surface area contributed by atoms with E-state index in [1.54, 1.807) is 0 Å². The second-order valence-electron chi connectivity index (χ2n) is 4.03. The van der Waals surface area contributed by atoms with E-state index < -0.39 is 0 Å². The van der Waals surface area contributed by atoms with Crippen LogP contribution in [0.25, 0.3) is 0 Å². The van der Waals surface area contributed by atoms with Gasteiger partial charge < -0.3 is 4.74 Å². The molecule has 1 spiro atoms. The Morgan fingerprint density at radius 1 is 1.45 bits per heavy atom. The monoisotopic (exact) mass is 155 g/mol. The van der Waals surface area contributed by atoms with Crippen molar-refractivity contribution in [3.8, 4) is 0 Å². The van der Waals surface area contributed by atoms with Gasteiger partial charge >= 0.3 is 0 Å². The number of rotatable bonds is 0. The molecule has 2 saturated heterocycles. The molecule has 0 aromatic carbocycles. The van der Waals surface area contributed by atoms with Crippen molar-refractivity contribution in [1.82, 2.24) is 4.90 Å². The third-order valence-electron chi connectivity index (χ3n) is 3.52. The molecule has 2 atom stereocenters. The fourth-order valence-electron chi connectivity index (χ4n) is 2.39. The van der Waals surface area contributed by atoms with Crippen LogP contribution in [0.3, 0.4) is 0 Å². The third kappa shape index (κ3) is 1.00. The van der Waals surface area contributed by atoms with Gasteiger partial charge in [-0.1, -0.05) is 0 Å². The quantitative estimate of drug-likeness (QED) is 0.522. The first-order chi connectivity index (χ1) is 5.25. The number of hydrogen-bond donors (Lipinski definition) is 0. The van der Waals surface area contributed by atoms with E-state index in [4.69, 9.17) is 4.74 Å². The van der Waals surface area contributed by atoms with Crippen molar-refractivity contribution >= 4 is 0 Å². The molecule has 2 fully saturated rings. The summed E-state index contributed by atoms with van der Waals surface area (Å²) >= 11 is 0. The Balaban J connectivity index is 2.13. The molecule has 0 bridgehead atoms. The van der Waals surface area contributed by atoms with E-state index in [1.807, 2.05) is 0 Å². The van der Waals surface area contributed by atoms with E-state index in [9.17, 15) is 0 Å². The molecule has 0 aromatic heterocycles. The van der Waals surface area contributed by atoms with Crippen LogP contribution < -0.4 is 0 Å². The van der Waals surface area contributed by atoms with Crippen LogP contribution >= 0.6 is 0 Å². The minimum Gasteiger partial charge on any atom is -0.379 e. The molecule has 2 aliphatic heterocycles. The lowest BCUT2D eigenvalue weighted by molar-refractivity contribution is 0.104. The standard InChI is InChI=1S/C9H17NO/c1-8-3-4-9(10(8)2)5-6-11-7-9/h8H,3-7H2,1-2H3/t8-,9?/m0/s1. The number of likely N-dealkylation sites (tertiary alicyclic amines) is 1. The molecular formula is C9H17NO. The van der Waals surface area contributed by atoms with Gasteiger partial charge in [-0.3, -0.25) is 4.90 Å². The maximum atomic E-state index is 5.46. The fourth-order valence-corrected chi connectivity index (χ4v) is 2.39. The van der Waals surface area contributed by atoms with Gasteiger partial charge in [0.1, 0.15) is 0 Å². The molecule has 2 aliphatic rings. The summed E-state index contributed by atoms with van der Waals surface area (Å²) in [6.45, 7) is 4.25. The summed E-state index contributed by atoms with van der Waals surface area (Å²) in [5.74, 6) is 0. The predicted octanol–water partition coefficient (Wildman–Crippen LogP) is 1.26. The molecule has 2 rings (SSSR count). The molecule has 1 unspecified atom stereocenters. The van der Waals surface area contributed by atoms with Crippen LogP contribution in [-0.4, -0.2) is 36.7 Å². The van der Waals surface area contributed by atoms with Gasteiger partial charge in [-0.15, -0.1) is 0 Å². The summed E-state index contributed by atoms with van der Waals surface area (Å²) in [6.07, 6.45) is 3.93. The molecule has 2 heteroatoms. The van der Waals surface area contributed by atoms with Crippen LogP contribution in [0.2, 0.25) is 0 Å². The predicted molar refractivity (Wildman–Crippen MR) is 44.6 cm³/mol. The number of hydrogen-bond acceptors (Lipinski definition) is 2. The van der Waals surface area contributed by atoms with Gasteiger partial charge in [0, 0.05) is 18.2 Å². The number of nitrogens with zero attached hydrogens (tertiary/aromatic N) is 1. The van der Waals surface area contributed by atoms with Crippen molar-refractivity contribution in [2.24, 2.45) is 0 Å². The van der Waals surface area contributed by atoms with Crippen LogP contribution in [0.1, 0.15) is 26.2 Å². The molecule has 0 radical (unpaired) electrons. The highest BCUT2D eigenvalue weighted by Gasteiger charge is 2.44. The van der Waals surface area contributed by atoms with Gasteiger partial charge in [-0.05, 0) is 33.2 Å². The van der Waals surface area contributed by atoms with E-state index in [2.05, 4.69) is 18.9 Å². The summed E-state index contributed by atoms with van der Waals surface area (Å²) in [5.41, 5.74) is 0.430. The van der Waals surface area contributed by atoms with Gasteiger partial charge in [-0.2, -0.15) is 0 Å². The van der Waals surface area contributed by atoms with Crippen LogP contribution in [0.15, 0.2) is 0 Å². The van der Waals surface area contributed by atoms with Crippen molar-refractivity contribution < 1.29 is 4.74 Å². The summed E-state index contributed by atoms with van der Waals surface area (Å²) in [5, 5.41) is 0. The molecule has 0 N–H and O–H groups in total. The van der Waals surface area contributed by atoms with Gasteiger partial charge in [0.25, 0.3) is 0 Å². The van der Waals surface area contributed by atoms with Gasteiger partial charge in [0.15, 0.2) is 0 Å². The summed E-state index contributed by atoms with van der Waals surface area (Å²) < 4.78 is 5.46. The topological polar surface area (TPSA) is 12.5 Å². The smallest absolute Gasteiger partial charge is 0.0651 e. The Bertz CT molecular complexity index is 152. The van der Waals surface area contributed by atoms with E-state index in [0.29, 0.717) is 5.54 Å². The number of likely N-dealkylation sites (N-methyl/N-ethyl adjacent to an activating group) is 1. The average Bonchev–Trinajstić information content (AvgIpc) is 2.56. The zero-order chi connectivity index (χ0) is 7.90. The largest absolute Gasteiger partial charge is 0.379 e. The molecule has 0 aromatic rings. The Kier molecular flexibility index (Phi) is 1.69. The molecule has 0 amide bonds. The summed E-state index contributed by atoms with van der Waals surface area (Å²) in [4.78, 5) is 2.51. The normalized spacial score (nSPS) is 45.8. The highest BCUT2D eigenvalue weighted by atomic mass is 16.5. The van der Waals surface area contributed by atoms with E-state index in [-0.39, 0.29) is 0 Å². The summed E-state index contributed by atoms with van der Waals surface area (Å²) in [6, 6.07) is 0.761. The minimum atomic E-state index is 0.430. The maximum absolute atomic E-state index is 5.46. The lowest BCUT2D eigenvalue weighted by atomic mass is 9.96. The molecule has 11 heavy (non-hydrogen) atoms. The zero-order valence-electron chi connectivity index (χ0n) is 7.47. The van der Waals surface area contributed by atoms with Crippen molar-refractivity contribution in [2.75, 3.05) is 20.3 Å². The van der Waals surface area contributed by atoms with Crippen LogP contribution in [-0.2, 0) is 4.74 Å². The average molecular weight is 155 g/mol. The van der Waals surface area contributed by atoms with Crippen LogP contribution in [0, 0.1) is 0 Å². The molecule has 2 nitrogen and oxygen atoms in total.